The minimum Gasteiger partial charge on any atom is -0.339 e. The van der Waals surface area contributed by atoms with E-state index in [2.05, 4.69) is 43.2 Å². The highest BCUT2D eigenvalue weighted by Crippen LogP contribution is 2.23. The quantitative estimate of drug-likeness (QED) is 0.929. The second-order valence-electron chi connectivity index (χ2n) is 7.94. The molecule has 1 saturated heterocycles. The first kappa shape index (κ1) is 17.6. The third-order valence-electron chi connectivity index (χ3n) is 4.17. The Morgan fingerprint density at radius 1 is 1.40 bits per heavy atom. The van der Waals surface area contributed by atoms with Crippen LogP contribution in [0.3, 0.4) is 0 Å². The van der Waals surface area contributed by atoms with Crippen LogP contribution in [-0.2, 0) is 6.42 Å². The van der Waals surface area contributed by atoms with Crippen molar-refractivity contribution >= 4 is 5.91 Å². The molecule has 6 nitrogen and oxygen atoms in total. The fourth-order valence-electron chi connectivity index (χ4n) is 2.99. The number of carbonyl (C=O) groups is 1. The average molecular weight is 342 g/mol. The molecule has 1 aliphatic rings. The maximum atomic E-state index is 12.8. The number of carbonyl (C=O) groups excluding carboxylic acids is 1. The first-order valence-electron chi connectivity index (χ1n) is 8.77. The molecule has 1 aromatic carbocycles. The summed E-state index contributed by atoms with van der Waals surface area (Å²) in [5.74, 6) is 1.20. The summed E-state index contributed by atoms with van der Waals surface area (Å²) in [6, 6.07) is 7.78. The highest BCUT2D eigenvalue weighted by Gasteiger charge is 2.22. The monoisotopic (exact) mass is 342 g/mol. The number of aromatic nitrogens is 2. The predicted molar refractivity (Wildman–Crippen MR) is 96.3 cm³/mol. The molecule has 1 atom stereocenters. The number of benzene rings is 1. The highest BCUT2D eigenvalue weighted by molar-refractivity contribution is 5.95. The Labute approximate surface area is 148 Å². The van der Waals surface area contributed by atoms with Crippen LogP contribution in [0, 0.1) is 5.41 Å². The molecule has 2 aromatic rings. The van der Waals surface area contributed by atoms with Gasteiger partial charge in [-0.15, -0.1) is 0 Å². The maximum absolute atomic E-state index is 12.8. The zero-order chi connectivity index (χ0) is 18.0. The molecule has 1 unspecified atom stereocenters. The number of amides is 1. The Morgan fingerprint density at radius 2 is 2.20 bits per heavy atom. The second kappa shape index (κ2) is 6.96. The van der Waals surface area contributed by atoms with Crippen LogP contribution in [0.1, 0.15) is 43.9 Å². The summed E-state index contributed by atoms with van der Waals surface area (Å²) in [5.41, 5.74) is 1.55. The molecule has 1 N–H and O–H groups in total. The van der Waals surface area contributed by atoms with Crippen LogP contribution >= 0.6 is 0 Å². The summed E-state index contributed by atoms with van der Waals surface area (Å²) in [5, 5.41) is 7.43. The number of nitrogens with zero attached hydrogens (tertiary/aromatic N) is 3. The summed E-state index contributed by atoms with van der Waals surface area (Å²) >= 11 is 0. The van der Waals surface area contributed by atoms with Crippen LogP contribution in [0.2, 0.25) is 0 Å². The zero-order valence-corrected chi connectivity index (χ0v) is 15.4. The summed E-state index contributed by atoms with van der Waals surface area (Å²) in [4.78, 5) is 19.1. The fraction of sp³-hybridized carbons (Fsp3) is 0.526. The van der Waals surface area contributed by atoms with Crippen LogP contribution in [0.15, 0.2) is 28.8 Å². The van der Waals surface area contributed by atoms with Crippen molar-refractivity contribution in [2.45, 2.75) is 40.2 Å². The molecule has 0 spiro atoms. The number of rotatable bonds is 3. The van der Waals surface area contributed by atoms with E-state index in [4.69, 9.17) is 4.52 Å². The van der Waals surface area contributed by atoms with E-state index in [1.807, 2.05) is 29.2 Å². The van der Waals surface area contributed by atoms with Crippen LogP contribution in [0.5, 0.6) is 0 Å². The third-order valence-corrected chi connectivity index (χ3v) is 4.17. The van der Waals surface area contributed by atoms with Crippen LogP contribution in [0.4, 0.5) is 0 Å². The molecule has 0 bridgehead atoms. The molecule has 2 heterocycles. The first-order valence-corrected chi connectivity index (χ1v) is 8.77. The van der Waals surface area contributed by atoms with Crippen molar-refractivity contribution in [1.82, 2.24) is 20.4 Å². The smallest absolute Gasteiger partial charge is 0.253 e. The van der Waals surface area contributed by atoms with Gasteiger partial charge in [0.05, 0.1) is 0 Å². The van der Waals surface area contributed by atoms with E-state index in [9.17, 15) is 4.79 Å². The van der Waals surface area contributed by atoms with Gasteiger partial charge in [-0.25, -0.2) is 0 Å². The van der Waals surface area contributed by atoms with E-state index in [1.165, 1.54) is 0 Å². The summed E-state index contributed by atoms with van der Waals surface area (Å²) < 4.78 is 5.36. The Morgan fingerprint density at radius 3 is 2.92 bits per heavy atom. The van der Waals surface area contributed by atoms with Crippen molar-refractivity contribution in [3.05, 3.63) is 35.7 Å². The van der Waals surface area contributed by atoms with Gasteiger partial charge in [0.1, 0.15) is 0 Å². The van der Waals surface area contributed by atoms with Crippen LogP contribution in [0.25, 0.3) is 11.4 Å². The molecule has 0 radical (unpaired) electrons. The summed E-state index contributed by atoms with van der Waals surface area (Å²) in [6.45, 7) is 10.8. The van der Waals surface area contributed by atoms with Crippen molar-refractivity contribution in [2.75, 3.05) is 19.6 Å². The maximum Gasteiger partial charge on any atom is 0.253 e. The number of hydrogen-bond donors (Lipinski definition) is 1. The van der Waals surface area contributed by atoms with Crippen molar-refractivity contribution in [1.29, 1.82) is 0 Å². The number of nitrogens with one attached hydrogen (secondary N) is 1. The minimum absolute atomic E-state index is 0.0496. The van der Waals surface area contributed by atoms with Gasteiger partial charge in [0, 0.05) is 43.2 Å². The lowest BCUT2D eigenvalue weighted by molar-refractivity contribution is 0.0709. The molecule has 6 heteroatoms. The van der Waals surface area contributed by atoms with E-state index < -0.39 is 0 Å². The first-order chi connectivity index (χ1) is 11.8. The molecule has 3 rings (SSSR count). The Bertz CT molecular complexity index is 748. The van der Waals surface area contributed by atoms with Gasteiger partial charge < -0.3 is 14.7 Å². The van der Waals surface area contributed by atoms with Crippen molar-refractivity contribution in [3.63, 3.8) is 0 Å². The third kappa shape index (κ3) is 4.45. The van der Waals surface area contributed by atoms with E-state index in [-0.39, 0.29) is 11.3 Å². The Balaban J connectivity index is 1.78. The molecular weight excluding hydrogens is 316 g/mol. The molecular formula is C19H26N4O2. The van der Waals surface area contributed by atoms with Crippen molar-refractivity contribution < 1.29 is 9.32 Å². The van der Waals surface area contributed by atoms with Crippen molar-refractivity contribution in [3.8, 4) is 11.4 Å². The molecule has 1 aromatic heterocycles. The van der Waals surface area contributed by atoms with Gasteiger partial charge in [0.25, 0.3) is 5.91 Å². The normalized spacial score (nSPS) is 18.4. The van der Waals surface area contributed by atoms with E-state index in [0.717, 1.165) is 31.6 Å². The Kier molecular flexibility index (Phi) is 4.90. The lowest BCUT2D eigenvalue weighted by Gasteiger charge is -2.32. The molecule has 25 heavy (non-hydrogen) atoms. The van der Waals surface area contributed by atoms with Gasteiger partial charge in [-0.3, -0.25) is 4.79 Å². The lowest BCUT2D eigenvalue weighted by Crippen LogP contribution is -2.51. The summed E-state index contributed by atoms with van der Waals surface area (Å²) in [6.07, 6.45) is 0.720. The lowest BCUT2D eigenvalue weighted by atomic mass is 9.92. The SMILES string of the molecule is CC1CN(C(=O)c2cccc(-c3noc(CC(C)(C)C)n3)c2)CCN1. The van der Waals surface area contributed by atoms with Crippen LogP contribution in [-0.4, -0.2) is 46.6 Å². The average Bonchev–Trinajstić information content (AvgIpc) is 3.01. The van der Waals surface area contributed by atoms with Crippen LogP contribution < -0.4 is 5.32 Å². The number of piperazine rings is 1. The topological polar surface area (TPSA) is 71.3 Å². The van der Waals surface area contributed by atoms with Gasteiger partial charge in [-0.05, 0) is 24.5 Å². The molecule has 1 aliphatic heterocycles. The Hall–Kier alpha value is -2.21. The highest BCUT2D eigenvalue weighted by atomic mass is 16.5. The minimum atomic E-state index is 0.0496. The number of hydrogen-bond acceptors (Lipinski definition) is 5. The standard InChI is InChI=1S/C19H26N4O2/c1-13-12-23(9-8-20-13)18(24)15-7-5-6-14(10-15)17-21-16(25-22-17)11-19(2,3)4/h5-7,10,13,20H,8-9,11-12H2,1-4H3. The van der Waals surface area contributed by atoms with E-state index in [1.54, 1.807) is 0 Å². The predicted octanol–water partition coefficient (Wildman–Crippen LogP) is 2.76. The van der Waals surface area contributed by atoms with Gasteiger partial charge >= 0.3 is 0 Å². The van der Waals surface area contributed by atoms with Gasteiger partial charge in [0.15, 0.2) is 0 Å². The van der Waals surface area contributed by atoms with E-state index in [0.29, 0.717) is 23.3 Å². The molecule has 134 valence electrons. The molecule has 1 amide bonds. The van der Waals surface area contributed by atoms with E-state index >= 15 is 0 Å². The largest absolute Gasteiger partial charge is 0.339 e. The molecule has 0 aliphatic carbocycles. The zero-order valence-electron chi connectivity index (χ0n) is 15.4. The van der Waals surface area contributed by atoms with Crippen molar-refractivity contribution in [2.24, 2.45) is 5.41 Å². The fourth-order valence-corrected chi connectivity index (χ4v) is 2.99. The molecule has 1 fully saturated rings. The molecule has 0 saturated carbocycles. The van der Waals surface area contributed by atoms with Gasteiger partial charge in [-0.1, -0.05) is 38.1 Å². The second-order valence-corrected chi connectivity index (χ2v) is 7.94. The van der Waals surface area contributed by atoms with Gasteiger partial charge in [-0.2, -0.15) is 4.98 Å². The summed E-state index contributed by atoms with van der Waals surface area (Å²) in [7, 11) is 0. The van der Waals surface area contributed by atoms with Gasteiger partial charge in [0.2, 0.25) is 11.7 Å².